The summed E-state index contributed by atoms with van der Waals surface area (Å²) in [7, 11) is 2.99. The third-order valence-electron chi connectivity index (χ3n) is 4.60. The molecule has 0 saturated carbocycles. The number of rotatable bonds is 6. The van der Waals surface area contributed by atoms with Crippen molar-refractivity contribution < 1.29 is 24.2 Å². The molecular weight excluding hydrogens is 376 g/mol. The van der Waals surface area contributed by atoms with E-state index >= 15 is 0 Å². The molecule has 152 valence electrons. The van der Waals surface area contributed by atoms with Crippen molar-refractivity contribution in [3.63, 3.8) is 0 Å². The number of anilines is 1. The topological polar surface area (TPSA) is 146 Å². The Kier molecular flexibility index (Phi) is 6.22. The molecule has 0 bridgehead atoms. The van der Waals surface area contributed by atoms with E-state index in [1.807, 2.05) is 0 Å². The predicted molar refractivity (Wildman–Crippen MR) is 107 cm³/mol. The molecule has 9 nitrogen and oxygen atoms in total. The minimum absolute atomic E-state index is 0.134. The van der Waals surface area contributed by atoms with Gasteiger partial charge in [0.25, 0.3) is 0 Å². The van der Waals surface area contributed by atoms with Gasteiger partial charge in [-0.3, -0.25) is 15.0 Å². The summed E-state index contributed by atoms with van der Waals surface area (Å²) in [6.07, 6.45) is 0. The van der Waals surface area contributed by atoms with Gasteiger partial charge in [0.1, 0.15) is 5.75 Å². The molecule has 0 aromatic heterocycles. The molecule has 2 aromatic carbocycles. The second-order valence-corrected chi connectivity index (χ2v) is 6.41. The summed E-state index contributed by atoms with van der Waals surface area (Å²) in [5, 5.41) is 19.2. The lowest BCUT2D eigenvalue weighted by Gasteiger charge is -2.23. The van der Waals surface area contributed by atoms with E-state index in [1.165, 1.54) is 43.1 Å². The average Bonchev–Trinajstić information content (AvgIpc) is 2.72. The van der Waals surface area contributed by atoms with Gasteiger partial charge in [0.05, 0.1) is 5.56 Å². The summed E-state index contributed by atoms with van der Waals surface area (Å²) >= 11 is 0. The Hall–Kier alpha value is -3.88. The number of amides is 1. The monoisotopic (exact) mass is 398 g/mol. The number of carboxylic acid groups (broad SMARTS) is 1. The number of benzene rings is 2. The molecule has 1 unspecified atom stereocenters. The number of carbonyl (C=O) groups is 3. The molecule has 0 aliphatic carbocycles. The van der Waals surface area contributed by atoms with Crippen LogP contribution in [0.4, 0.5) is 5.69 Å². The van der Waals surface area contributed by atoms with Crippen molar-refractivity contribution in [1.29, 1.82) is 5.41 Å². The van der Waals surface area contributed by atoms with E-state index in [0.29, 0.717) is 5.69 Å². The largest absolute Gasteiger partial charge is 0.480 e. The van der Waals surface area contributed by atoms with Crippen LogP contribution in [0.5, 0.6) is 5.75 Å². The van der Waals surface area contributed by atoms with Crippen LogP contribution in [0.25, 0.3) is 0 Å². The fourth-order valence-electron chi connectivity index (χ4n) is 2.58. The third kappa shape index (κ3) is 4.34. The number of ether oxygens (including phenoxy) is 1. The molecule has 0 aliphatic rings. The molecule has 0 spiro atoms. The van der Waals surface area contributed by atoms with Crippen LogP contribution in [0.15, 0.2) is 48.5 Å². The first-order valence-electron chi connectivity index (χ1n) is 8.57. The van der Waals surface area contributed by atoms with Gasteiger partial charge in [-0.15, -0.1) is 0 Å². The maximum Gasteiger partial charge on any atom is 0.343 e. The highest BCUT2D eigenvalue weighted by Crippen LogP contribution is 2.27. The second kappa shape index (κ2) is 8.42. The maximum atomic E-state index is 12.3. The Morgan fingerprint density at radius 3 is 2.10 bits per heavy atom. The lowest BCUT2D eigenvalue weighted by Crippen LogP contribution is -2.46. The Bertz CT molecular complexity index is 940. The SMILES string of the molecule is CNC(=O)C(C)(C(=O)O)c1ccc(OC(=O)c2ccc(N(C)C(=N)N)cc2)cc1. The number of esters is 1. The average molecular weight is 398 g/mol. The molecule has 2 aromatic rings. The van der Waals surface area contributed by atoms with Crippen LogP contribution in [-0.2, 0) is 15.0 Å². The highest BCUT2D eigenvalue weighted by molar-refractivity contribution is 6.07. The smallest absolute Gasteiger partial charge is 0.343 e. The normalized spacial score (nSPS) is 12.4. The van der Waals surface area contributed by atoms with Gasteiger partial charge in [0.2, 0.25) is 5.91 Å². The van der Waals surface area contributed by atoms with Crippen molar-refractivity contribution in [3.05, 3.63) is 59.7 Å². The summed E-state index contributed by atoms with van der Waals surface area (Å²) < 4.78 is 5.30. The molecule has 0 fully saturated rings. The lowest BCUT2D eigenvalue weighted by atomic mass is 9.81. The van der Waals surface area contributed by atoms with E-state index in [0.717, 1.165) is 0 Å². The number of hydrogen-bond acceptors (Lipinski definition) is 5. The van der Waals surface area contributed by atoms with Gasteiger partial charge in [-0.25, -0.2) is 4.79 Å². The summed E-state index contributed by atoms with van der Waals surface area (Å²) in [6.45, 7) is 1.30. The van der Waals surface area contributed by atoms with Crippen LogP contribution in [0.1, 0.15) is 22.8 Å². The molecule has 0 radical (unpaired) electrons. The van der Waals surface area contributed by atoms with Crippen molar-refractivity contribution in [2.24, 2.45) is 5.73 Å². The number of guanidine groups is 1. The van der Waals surface area contributed by atoms with E-state index in [9.17, 15) is 19.5 Å². The molecule has 1 amide bonds. The molecule has 0 saturated heterocycles. The Balaban J connectivity index is 2.17. The molecule has 2 rings (SSSR count). The fourth-order valence-corrected chi connectivity index (χ4v) is 2.58. The summed E-state index contributed by atoms with van der Waals surface area (Å²) in [5.41, 5.74) is 4.82. The van der Waals surface area contributed by atoms with Gasteiger partial charge < -0.3 is 25.8 Å². The van der Waals surface area contributed by atoms with E-state index in [4.69, 9.17) is 15.9 Å². The minimum Gasteiger partial charge on any atom is -0.480 e. The predicted octanol–water partition coefficient (Wildman–Crippen LogP) is 1.32. The summed E-state index contributed by atoms with van der Waals surface area (Å²) in [4.78, 5) is 37.4. The van der Waals surface area contributed by atoms with Crippen molar-refractivity contribution >= 4 is 29.5 Å². The van der Waals surface area contributed by atoms with Crippen molar-refractivity contribution in [1.82, 2.24) is 5.32 Å². The van der Waals surface area contributed by atoms with Gasteiger partial charge in [-0.05, 0) is 48.9 Å². The Morgan fingerprint density at radius 2 is 1.66 bits per heavy atom. The maximum absolute atomic E-state index is 12.3. The Labute approximate surface area is 167 Å². The Morgan fingerprint density at radius 1 is 1.10 bits per heavy atom. The highest BCUT2D eigenvalue weighted by atomic mass is 16.5. The zero-order chi connectivity index (χ0) is 21.8. The molecule has 29 heavy (non-hydrogen) atoms. The van der Waals surface area contributed by atoms with Gasteiger partial charge in [-0.1, -0.05) is 12.1 Å². The van der Waals surface area contributed by atoms with E-state index in [1.54, 1.807) is 31.3 Å². The molecule has 0 aliphatic heterocycles. The first-order chi connectivity index (χ1) is 13.6. The van der Waals surface area contributed by atoms with E-state index in [-0.39, 0.29) is 22.8 Å². The van der Waals surface area contributed by atoms with Gasteiger partial charge in [0.15, 0.2) is 11.4 Å². The first-order valence-corrected chi connectivity index (χ1v) is 8.57. The number of carboxylic acids is 1. The number of nitrogens with zero attached hydrogens (tertiary/aromatic N) is 1. The molecule has 1 atom stereocenters. The van der Waals surface area contributed by atoms with E-state index in [2.05, 4.69) is 5.32 Å². The highest BCUT2D eigenvalue weighted by Gasteiger charge is 2.42. The number of carbonyl (C=O) groups excluding carboxylic acids is 2. The van der Waals surface area contributed by atoms with Crippen LogP contribution in [-0.4, -0.2) is 43.0 Å². The van der Waals surface area contributed by atoms with Crippen LogP contribution in [0, 0.1) is 5.41 Å². The molecule has 0 heterocycles. The van der Waals surface area contributed by atoms with Gasteiger partial charge >= 0.3 is 11.9 Å². The molecule has 5 N–H and O–H groups in total. The van der Waals surface area contributed by atoms with Crippen LogP contribution in [0.2, 0.25) is 0 Å². The second-order valence-electron chi connectivity index (χ2n) is 6.41. The van der Waals surface area contributed by atoms with Crippen LogP contribution in [0.3, 0.4) is 0 Å². The van der Waals surface area contributed by atoms with Crippen molar-refractivity contribution in [2.75, 3.05) is 19.0 Å². The number of hydrogen-bond donors (Lipinski definition) is 4. The van der Waals surface area contributed by atoms with E-state index < -0.39 is 23.3 Å². The van der Waals surface area contributed by atoms with Crippen LogP contribution >= 0.6 is 0 Å². The zero-order valence-corrected chi connectivity index (χ0v) is 16.2. The number of likely N-dealkylation sites (N-methyl/N-ethyl adjacent to an activating group) is 1. The number of nitrogens with two attached hydrogens (primary N) is 1. The standard InChI is InChI=1S/C20H22N4O5/c1-20(18(27)28,17(26)23-2)13-6-10-15(11-7-13)29-16(25)12-4-8-14(9-5-12)24(3)19(21)22/h4-11H,1-3H3,(H3,21,22)(H,23,26)(H,27,28). The van der Waals surface area contributed by atoms with Crippen molar-refractivity contribution in [3.8, 4) is 5.75 Å². The quantitative estimate of drug-likeness (QED) is 0.189. The summed E-state index contributed by atoms with van der Waals surface area (Å²) in [6, 6.07) is 12.0. The lowest BCUT2D eigenvalue weighted by molar-refractivity contribution is -0.148. The fraction of sp³-hybridized carbons (Fsp3) is 0.200. The molecular formula is C20H22N4O5. The van der Waals surface area contributed by atoms with Gasteiger partial charge in [0, 0.05) is 19.8 Å². The number of nitrogens with one attached hydrogen (secondary N) is 2. The van der Waals surface area contributed by atoms with Crippen LogP contribution < -0.4 is 20.7 Å². The molecule has 9 heteroatoms. The van der Waals surface area contributed by atoms with Crippen molar-refractivity contribution in [2.45, 2.75) is 12.3 Å². The minimum atomic E-state index is -1.77. The zero-order valence-electron chi connectivity index (χ0n) is 16.2. The van der Waals surface area contributed by atoms with Gasteiger partial charge in [-0.2, -0.15) is 0 Å². The first kappa shape index (κ1) is 21.4. The number of aliphatic carboxylic acids is 1. The summed E-state index contributed by atoms with van der Waals surface area (Å²) in [5.74, 6) is -2.50. The third-order valence-corrected chi connectivity index (χ3v) is 4.60.